The molecule has 0 spiro atoms. The summed E-state index contributed by atoms with van der Waals surface area (Å²) in [6.45, 7) is 0. The van der Waals surface area contributed by atoms with Crippen LogP contribution in [-0.2, 0) is 0 Å². The van der Waals surface area contributed by atoms with Gasteiger partial charge in [-0.05, 0) is 28.1 Å². The Labute approximate surface area is 121 Å². The van der Waals surface area contributed by atoms with E-state index in [4.69, 9.17) is 18.0 Å². The minimum atomic E-state index is -0.636. The Balaban J connectivity index is 2.31. The molecule has 5 nitrogen and oxygen atoms in total. The van der Waals surface area contributed by atoms with E-state index in [2.05, 4.69) is 31.4 Å². The summed E-state index contributed by atoms with van der Waals surface area (Å²) >= 11 is 7.93. The van der Waals surface area contributed by atoms with E-state index >= 15 is 0 Å². The van der Waals surface area contributed by atoms with Crippen molar-refractivity contribution in [2.24, 2.45) is 5.73 Å². The van der Waals surface area contributed by atoms with Crippen molar-refractivity contribution in [2.75, 3.05) is 5.32 Å². The maximum atomic E-state index is 13.6. The van der Waals surface area contributed by atoms with Crippen LogP contribution < -0.4 is 11.1 Å². The highest BCUT2D eigenvalue weighted by Crippen LogP contribution is 2.21. The Bertz CT molecular complexity index is 638. The first kappa shape index (κ1) is 13.6. The first-order valence-electron chi connectivity index (χ1n) is 5.09. The number of hydrogen-bond acceptors (Lipinski definition) is 3. The van der Waals surface area contributed by atoms with Crippen molar-refractivity contribution in [1.82, 2.24) is 10.2 Å². The molecule has 0 fully saturated rings. The van der Waals surface area contributed by atoms with Crippen LogP contribution in [0.5, 0.6) is 0 Å². The van der Waals surface area contributed by atoms with E-state index in [0.717, 1.165) is 0 Å². The highest BCUT2D eigenvalue weighted by molar-refractivity contribution is 9.10. The highest BCUT2D eigenvalue weighted by Gasteiger charge is 2.18. The van der Waals surface area contributed by atoms with Crippen molar-refractivity contribution in [3.8, 4) is 0 Å². The van der Waals surface area contributed by atoms with Gasteiger partial charge >= 0.3 is 0 Å². The number of nitrogens with one attached hydrogen (secondary N) is 2. The summed E-state index contributed by atoms with van der Waals surface area (Å²) in [7, 11) is 0. The van der Waals surface area contributed by atoms with E-state index < -0.39 is 11.7 Å². The molecule has 1 heterocycles. The van der Waals surface area contributed by atoms with Crippen LogP contribution in [-0.4, -0.2) is 21.1 Å². The second-order valence-corrected chi connectivity index (χ2v) is 4.87. The Morgan fingerprint density at radius 1 is 1.53 bits per heavy atom. The summed E-state index contributed by atoms with van der Waals surface area (Å²) in [6.07, 6.45) is 1.38. The molecule has 0 aliphatic heterocycles. The van der Waals surface area contributed by atoms with Gasteiger partial charge in [0, 0.05) is 4.47 Å². The van der Waals surface area contributed by atoms with Crippen LogP contribution in [0.15, 0.2) is 28.9 Å². The average Bonchev–Trinajstić information content (AvgIpc) is 2.76. The molecule has 0 aliphatic carbocycles. The van der Waals surface area contributed by atoms with E-state index in [1.165, 1.54) is 18.3 Å². The molecule has 2 aromatic rings. The normalized spacial score (nSPS) is 10.2. The number of halogens is 2. The number of thiocarbonyl (C=S) groups is 1. The van der Waals surface area contributed by atoms with Crippen LogP contribution in [0.3, 0.4) is 0 Å². The molecule has 19 heavy (non-hydrogen) atoms. The van der Waals surface area contributed by atoms with Crippen LogP contribution >= 0.6 is 28.1 Å². The molecule has 98 valence electrons. The number of aromatic amines is 1. The summed E-state index contributed by atoms with van der Waals surface area (Å²) in [5.41, 5.74) is 5.75. The molecule has 0 bridgehead atoms. The van der Waals surface area contributed by atoms with E-state index in [1.807, 2.05) is 0 Å². The van der Waals surface area contributed by atoms with Crippen molar-refractivity contribution in [3.63, 3.8) is 0 Å². The second-order valence-electron chi connectivity index (χ2n) is 3.57. The van der Waals surface area contributed by atoms with Crippen LogP contribution in [0.1, 0.15) is 15.9 Å². The molecule has 0 aliphatic rings. The summed E-state index contributed by atoms with van der Waals surface area (Å²) in [4.78, 5) is 12.1. The number of carbonyl (C=O) groups is 1. The molecule has 0 saturated heterocycles. The predicted octanol–water partition coefficient (Wildman–Crippen LogP) is 2.20. The van der Waals surface area contributed by atoms with E-state index in [-0.39, 0.29) is 16.4 Å². The summed E-state index contributed by atoms with van der Waals surface area (Å²) in [6, 6.07) is 4.26. The largest absolute Gasteiger partial charge is 0.389 e. The van der Waals surface area contributed by atoms with Crippen molar-refractivity contribution in [3.05, 3.63) is 45.8 Å². The fourth-order valence-electron chi connectivity index (χ4n) is 1.46. The van der Waals surface area contributed by atoms with Gasteiger partial charge in [-0.1, -0.05) is 18.3 Å². The Hall–Kier alpha value is -1.80. The lowest BCUT2D eigenvalue weighted by Crippen LogP contribution is -2.18. The number of amides is 1. The van der Waals surface area contributed by atoms with Crippen LogP contribution in [0.4, 0.5) is 10.2 Å². The van der Waals surface area contributed by atoms with Crippen LogP contribution in [0.25, 0.3) is 0 Å². The average molecular weight is 343 g/mol. The summed E-state index contributed by atoms with van der Waals surface area (Å²) < 4.78 is 14.0. The molecule has 1 amide bonds. The van der Waals surface area contributed by atoms with Gasteiger partial charge in [0.1, 0.15) is 16.6 Å². The maximum absolute atomic E-state index is 13.6. The molecule has 0 atom stereocenters. The van der Waals surface area contributed by atoms with Crippen molar-refractivity contribution >= 4 is 44.9 Å². The van der Waals surface area contributed by atoms with Gasteiger partial charge in [-0.2, -0.15) is 5.10 Å². The van der Waals surface area contributed by atoms with Gasteiger partial charge in [-0.3, -0.25) is 9.89 Å². The number of nitrogens with two attached hydrogens (primary N) is 1. The zero-order valence-corrected chi connectivity index (χ0v) is 11.8. The first-order chi connectivity index (χ1) is 9.00. The fourth-order valence-corrected chi connectivity index (χ4v) is 2.14. The zero-order chi connectivity index (χ0) is 14.0. The van der Waals surface area contributed by atoms with Crippen molar-refractivity contribution in [1.29, 1.82) is 0 Å². The standard InChI is InChI=1S/C11H8BrFN4OS/c12-6-2-1-3-7(13)8(6)11(18)16-10-5(9(14)19)4-15-17-10/h1-4H,(H2,14,19)(H2,15,16,17,18). The summed E-state index contributed by atoms with van der Waals surface area (Å²) in [5.74, 6) is -1.04. The fraction of sp³-hybridized carbons (Fsp3) is 0. The summed E-state index contributed by atoms with van der Waals surface area (Å²) in [5, 5.41) is 8.74. The monoisotopic (exact) mass is 342 g/mol. The van der Waals surface area contributed by atoms with Gasteiger partial charge in [0.2, 0.25) is 0 Å². The molecule has 2 rings (SSSR count). The maximum Gasteiger partial charge on any atom is 0.260 e. The number of hydrogen-bond donors (Lipinski definition) is 3. The van der Waals surface area contributed by atoms with Gasteiger partial charge in [-0.15, -0.1) is 0 Å². The number of anilines is 1. The Morgan fingerprint density at radius 2 is 2.26 bits per heavy atom. The number of benzene rings is 1. The molecular weight excluding hydrogens is 335 g/mol. The molecule has 4 N–H and O–H groups in total. The second kappa shape index (κ2) is 5.45. The lowest BCUT2D eigenvalue weighted by molar-refractivity contribution is 0.102. The van der Waals surface area contributed by atoms with Crippen molar-refractivity contribution < 1.29 is 9.18 Å². The molecule has 0 radical (unpaired) electrons. The minimum Gasteiger partial charge on any atom is -0.389 e. The number of rotatable bonds is 3. The van der Waals surface area contributed by atoms with Gasteiger partial charge < -0.3 is 11.1 Å². The molecule has 1 aromatic heterocycles. The number of aromatic nitrogens is 2. The Morgan fingerprint density at radius 3 is 2.89 bits per heavy atom. The van der Waals surface area contributed by atoms with Gasteiger partial charge in [0.15, 0.2) is 0 Å². The quantitative estimate of drug-likeness (QED) is 0.746. The number of carbonyl (C=O) groups excluding carboxylic acids is 1. The van der Waals surface area contributed by atoms with Gasteiger partial charge in [0.25, 0.3) is 5.91 Å². The molecular formula is C11H8BrFN4OS. The van der Waals surface area contributed by atoms with E-state index in [9.17, 15) is 9.18 Å². The van der Waals surface area contributed by atoms with E-state index in [1.54, 1.807) is 6.07 Å². The Kier molecular flexibility index (Phi) is 3.91. The third-order valence-corrected chi connectivity index (χ3v) is 3.21. The third kappa shape index (κ3) is 2.79. The molecule has 0 saturated carbocycles. The van der Waals surface area contributed by atoms with Crippen molar-refractivity contribution in [2.45, 2.75) is 0 Å². The highest BCUT2D eigenvalue weighted by atomic mass is 79.9. The molecule has 1 aromatic carbocycles. The van der Waals surface area contributed by atoms with E-state index in [0.29, 0.717) is 10.0 Å². The first-order valence-corrected chi connectivity index (χ1v) is 6.29. The van der Waals surface area contributed by atoms with Gasteiger partial charge in [0.05, 0.1) is 17.3 Å². The minimum absolute atomic E-state index is 0.0802. The SMILES string of the molecule is NC(=S)c1cn[nH]c1NC(=O)c1c(F)cccc1Br. The lowest BCUT2D eigenvalue weighted by atomic mass is 10.2. The van der Waals surface area contributed by atoms with Crippen LogP contribution in [0, 0.1) is 5.82 Å². The lowest BCUT2D eigenvalue weighted by Gasteiger charge is -2.07. The smallest absolute Gasteiger partial charge is 0.260 e. The number of nitrogens with zero attached hydrogens (tertiary/aromatic N) is 1. The molecule has 8 heteroatoms. The topological polar surface area (TPSA) is 83.8 Å². The number of H-pyrrole nitrogens is 1. The zero-order valence-electron chi connectivity index (χ0n) is 9.41. The van der Waals surface area contributed by atoms with Crippen LogP contribution in [0.2, 0.25) is 0 Å². The van der Waals surface area contributed by atoms with Gasteiger partial charge in [-0.25, -0.2) is 4.39 Å². The third-order valence-electron chi connectivity index (χ3n) is 2.33. The molecule has 0 unspecified atom stereocenters. The predicted molar refractivity (Wildman–Crippen MR) is 76.5 cm³/mol.